The minimum absolute atomic E-state index is 0.206. The Morgan fingerprint density at radius 1 is 1.31 bits per heavy atom. The highest BCUT2D eigenvalue weighted by Crippen LogP contribution is 2.45. The van der Waals surface area contributed by atoms with Crippen molar-refractivity contribution in [1.82, 2.24) is 0 Å². The van der Waals surface area contributed by atoms with Gasteiger partial charge in [-0.25, -0.2) is 4.39 Å². The van der Waals surface area contributed by atoms with E-state index in [1.165, 1.54) is 12.1 Å². The monoisotopic (exact) mass is 224 g/mol. The molecule has 0 saturated heterocycles. The van der Waals surface area contributed by atoms with Gasteiger partial charge in [0, 0.05) is 5.56 Å². The molecule has 0 bridgehead atoms. The van der Waals surface area contributed by atoms with Gasteiger partial charge in [0.1, 0.15) is 0 Å². The van der Waals surface area contributed by atoms with Crippen LogP contribution >= 0.6 is 0 Å². The van der Waals surface area contributed by atoms with Crippen LogP contribution in [-0.2, 0) is 10.2 Å². The zero-order chi connectivity index (χ0) is 11.8. The molecule has 0 heterocycles. The van der Waals surface area contributed by atoms with Gasteiger partial charge >= 0.3 is 5.97 Å². The van der Waals surface area contributed by atoms with Crippen LogP contribution in [0.5, 0.6) is 5.75 Å². The molecule has 0 unspecified atom stereocenters. The number of carboxylic acid groups (broad SMARTS) is 1. The Balaban J connectivity index is 2.56. The van der Waals surface area contributed by atoms with Gasteiger partial charge in [0.2, 0.25) is 0 Å². The summed E-state index contributed by atoms with van der Waals surface area (Å²) in [5.41, 5.74) is -0.899. The van der Waals surface area contributed by atoms with Crippen molar-refractivity contribution in [3.63, 3.8) is 0 Å². The molecule has 1 aliphatic carbocycles. The molecule has 1 aromatic rings. The normalized spacial score (nSPS) is 18.6. The fraction of sp³-hybridized carbons (Fsp3) is 0.417. The van der Waals surface area contributed by atoms with E-state index in [-0.39, 0.29) is 5.56 Å². The van der Waals surface area contributed by atoms with Crippen molar-refractivity contribution in [2.75, 3.05) is 0 Å². The van der Waals surface area contributed by atoms with E-state index in [4.69, 9.17) is 0 Å². The third kappa shape index (κ3) is 1.45. The number of aliphatic carboxylic acids is 1. The van der Waals surface area contributed by atoms with Crippen molar-refractivity contribution in [1.29, 1.82) is 0 Å². The standard InChI is InChI=1S/C12H13FO3/c13-9-5-3-4-8(10(9)14)12(11(15)16)6-1-2-7-12/h3-5,14H,1-2,6-7H2,(H,15,16). The Kier molecular flexibility index (Phi) is 2.58. The Bertz CT molecular complexity index is 422. The number of phenolic OH excluding ortho intramolecular Hbond substituents is 1. The van der Waals surface area contributed by atoms with Crippen LogP contribution in [0.2, 0.25) is 0 Å². The topological polar surface area (TPSA) is 57.5 Å². The lowest BCUT2D eigenvalue weighted by molar-refractivity contribution is -0.143. The highest BCUT2D eigenvalue weighted by molar-refractivity contribution is 5.82. The minimum atomic E-state index is -1.10. The van der Waals surface area contributed by atoms with Crippen LogP contribution < -0.4 is 0 Å². The largest absolute Gasteiger partial charge is 0.505 e. The molecule has 0 radical (unpaired) electrons. The van der Waals surface area contributed by atoms with Crippen LogP contribution in [0, 0.1) is 5.82 Å². The molecule has 2 N–H and O–H groups in total. The zero-order valence-electron chi connectivity index (χ0n) is 8.74. The fourth-order valence-corrected chi connectivity index (χ4v) is 2.48. The average molecular weight is 224 g/mol. The highest BCUT2D eigenvalue weighted by atomic mass is 19.1. The summed E-state index contributed by atoms with van der Waals surface area (Å²) < 4.78 is 13.2. The molecule has 86 valence electrons. The van der Waals surface area contributed by atoms with Gasteiger partial charge < -0.3 is 10.2 Å². The molecule has 1 aromatic carbocycles. The number of hydrogen-bond acceptors (Lipinski definition) is 2. The SMILES string of the molecule is O=C(O)C1(c2cccc(F)c2O)CCCC1. The number of rotatable bonds is 2. The molecule has 3 nitrogen and oxygen atoms in total. The molecule has 4 heteroatoms. The molecular formula is C12H13FO3. The van der Waals surface area contributed by atoms with Crippen molar-refractivity contribution in [2.45, 2.75) is 31.1 Å². The third-order valence-corrected chi connectivity index (χ3v) is 3.37. The first-order chi connectivity index (χ1) is 7.58. The third-order valence-electron chi connectivity index (χ3n) is 3.37. The number of para-hydroxylation sites is 1. The predicted molar refractivity (Wildman–Crippen MR) is 55.8 cm³/mol. The van der Waals surface area contributed by atoms with Crippen LogP contribution in [0.15, 0.2) is 18.2 Å². The van der Waals surface area contributed by atoms with Crippen molar-refractivity contribution in [2.24, 2.45) is 0 Å². The molecule has 0 spiro atoms. The molecule has 1 aliphatic rings. The first kappa shape index (κ1) is 10.9. The van der Waals surface area contributed by atoms with Gasteiger partial charge in [-0.15, -0.1) is 0 Å². The summed E-state index contributed by atoms with van der Waals surface area (Å²) in [5, 5.41) is 18.9. The Hall–Kier alpha value is -1.58. The number of hydrogen-bond donors (Lipinski definition) is 2. The van der Waals surface area contributed by atoms with Gasteiger partial charge in [0.15, 0.2) is 11.6 Å². The molecular weight excluding hydrogens is 211 g/mol. The summed E-state index contributed by atoms with van der Waals surface area (Å²) in [7, 11) is 0. The molecule has 0 amide bonds. The quantitative estimate of drug-likeness (QED) is 0.811. The number of halogens is 1. The number of benzene rings is 1. The lowest BCUT2D eigenvalue weighted by atomic mass is 9.78. The smallest absolute Gasteiger partial charge is 0.314 e. The second-order valence-corrected chi connectivity index (χ2v) is 4.23. The predicted octanol–water partition coefficient (Wildman–Crippen LogP) is 2.43. The highest BCUT2D eigenvalue weighted by Gasteiger charge is 2.44. The maximum Gasteiger partial charge on any atom is 0.314 e. The summed E-state index contributed by atoms with van der Waals surface area (Å²) in [6.45, 7) is 0. The van der Waals surface area contributed by atoms with Crippen molar-refractivity contribution in [3.8, 4) is 5.75 Å². The average Bonchev–Trinajstić information content (AvgIpc) is 2.72. The van der Waals surface area contributed by atoms with E-state index in [9.17, 15) is 19.4 Å². The van der Waals surface area contributed by atoms with E-state index < -0.39 is 23.0 Å². The van der Waals surface area contributed by atoms with Gasteiger partial charge in [-0.2, -0.15) is 0 Å². The number of carbonyl (C=O) groups is 1. The Morgan fingerprint density at radius 3 is 2.50 bits per heavy atom. The van der Waals surface area contributed by atoms with E-state index >= 15 is 0 Å². The van der Waals surface area contributed by atoms with Gasteiger partial charge in [-0.05, 0) is 18.9 Å². The van der Waals surface area contributed by atoms with Gasteiger partial charge in [0.05, 0.1) is 5.41 Å². The summed E-state index contributed by atoms with van der Waals surface area (Å²) in [6, 6.07) is 4.06. The lowest BCUT2D eigenvalue weighted by Crippen LogP contribution is -2.32. The molecule has 1 saturated carbocycles. The van der Waals surface area contributed by atoms with Crippen molar-refractivity contribution < 1.29 is 19.4 Å². The van der Waals surface area contributed by atoms with Gasteiger partial charge in [-0.1, -0.05) is 25.0 Å². The molecule has 0 atom stereocenters. The van der Waals surface area contributed by atoms with E-state index in [0.717, 1.165) is 18.9 Å². The summed E-state index contributed by atoms with van der Waals surface area (Å²) in [4.78, 5) is 11.4. The fourth-order valence-electron chi connectivity index (χ4n) is 2.48. The number of phenols is 1. The van der Waals surface area contributed by atoms with E-state index in [0.29, 0.717) is 12.8 Å². The van der Waals surface area contributed by atoms with E-state index in [1.54, 1.807) is 0 Å². The van der Waals surface area contributed by atoms with Gasteiger partial charge in [0.25, 0.3) is 0 Å². The second kappa shape index (κ2) is 3.77. The summed E-state index contributed by atoms with van der Waals surface area (Å²) >= 11 is 0. The second-order valence-electron chi connectivity index (χ2n) is 4.23. The first-order valence-electron chi connectivity index (χ1n) is 5.29. The number of carboxylic acids is 1. The number of aromatic hydroxyl groups is 1. The van der Waals surface area contributed by atoms with E-state index in [2.05, 4.69) is 0 Å². The first-order valence-corrected chi connectivity index (χ1v) is 5.29. The van der Waals surface area contributed by atoms with Crippen LogP contribution in [0.3, 0.4) is 0 Å². The Morgan fingerprint density at radius 2 is 1.94 bits per heavy atom. The van der Waals surface area contributed by atoms with Crippen molar-refractivity contribution in [3.05, 3.63) is 29.6 Å². The van der Waals surface area contributed by atoms with Crippen LogP contribution in [-0.4, -0.2) is 16.2 Å². The Labute approximate surface area is 92.5 Å². The van der Waals surface area contributed by atoms with E-state index in [1.807, 2.05) is 0 Å². The zero-order valence-corrected chi connectivity index (χ0v) is 8.74. The summed E-state index contributed by atoms with van der Waals surface area (Å²) in [6.07, 6.45) is 2.50. The maximum atomic E-state index is 13.2. The summed E-state index contributed by atoms with van der Waals surface area (Å²) in [5.74, 6) is -2.26. The molecule has 2 rings (SSSR count). The van der Waals surface area contributed by atoms with Crippen LogP contribution in [0.1, 0.15) is 31.2 Å². The molecule has 0 aromatic heterocycles. The maximum absolute atomic E-state index is 13.2. The van der Waals surface area contributed by atoms with Gasteiger partial charge in [-0.3, -0.25) is 4.79 Å². The lowest BCUT2D eigenvalue weighted by Gasteiger charge is -2.25. The van der Waals surface area contributed by atoms with Crippen LogP contribution in [0.25, 0.3) is 0 Å². The molecule has 0 aliphatic heterocycles. The van der Waals surface area contributed by atoms with Crippen molar-refractivity contribution >= 4 is 5.97 Å². The minimum Gasteiger partial charge on any atom is -0.505 e. The molecule has 16 heavy (non-hydrogen) atoms. The van der Waals surface area contributed by atoms with Crippen LogP contribution in [0.4, 0.5) is 4.39 Å². The molecule has 1 fully saturated rings.